The Morgan fingerprint density at radius 3 is 2.21 bits per heavy atom. The summed E-state index contributed by atoms with van der Waals surface area (Å²) in [6.45, 7) is 11.3. The lowest BCUT2D eigenvalue weighted by Gasteiger charge is -2.45. The maximum Gasteiger partial charge on any atom is 0.415 e. The Hall–Kier alpha value is -6.09. The van der Waals surface area contributed by atoms with Gasteiger partial charge in [0.2, 0.25) is 0 Å². The van der Waals surface area contributed by atoms with Crippen LogP contribution in [-0.4, -0.2) is 83.4 Å². The summed E-state index contributed by atoms with van der Waals surface area (Å²) >= 11 is 0. The van der Waals surface area contributed by atoms with Crippen molar-refractivity contribution in [2.45, 2.75) is 81.8 Å². The fourth-order valence-corrected chi connectivity index (χ4v) is 12.1. The summed E-state index contributed by atoms with van der Waals surface area (Å²) in [4.78, 5) is 72.5. The van der Waals surface area contributed by atoms with E-state index in [4.69, 9.17) is 13.9 Å². The van der Waals surface area contributed by atoms with Crippen LogP contribution < -0.4 is 4.90 Å². The first-order valence-electron chi connectivity index (χ1n) is 19.2. The molecule has 12 nitrogen and oxygen atoms in total. The van der Waals surface area contributed by atoms with Crippen LogP contribution in [0.2, 0.25) is 18.1 Å². The van der Waals surface area contributed by atoms with Crippen molar-refractivity contribution in [2.24, 2.45) is 0 Å². The second-order valence-electron chi connectivity index (χ2n) is 14.9. The minimum Gasteiger partial charge on any atom is -0.507 e. The van der Waals surface area contributed by atoms with Crippen LogP contribution in [-0.2, 0) is 26.0 Å². The molecule has 0 aromatic heterocycles. The van der Waals surface area contributed by atoms with E-state index in [1.165, 1.54) is 47.4 Å². The van der Waals surface area contributed by atoms with Gasteiger partial charge in [0, 0.05) is 16.7 Å². The molecule has 3 aromatic rings. The van der Waals surface area contributed by atoms with Gasteiger partial charge >= 0.3 is 6.09 Å². The normalized spacial score (nSPS) is 24.4. The zero-order valence-electron chi connectivity index (χ0n) is 32.4. The van der Waals surface area contributed by atoms with Crippen LogP contribution in [0, 0.1) is 23.7 Å². The molecule has 3 aromatic carbocycles. The number of hydrogen-bond acceptors (Lipinski definition) is 10. The number of anilines is 1. The topological polar surface area (TPSA) is 163 Å². The Kier molecular flexibility index (Phi) is 9.41. The fraction of sp³-hybridized carbons (Fsp3) is 0.311. The predicted molar refractivity (Wildman–Crippen MR) is 214 cm³/mol. The molecule has 3 amide bonds. The first kappa shape index (κ1) is 38.8. The third-order valence-corrected chi connectivity index (χ3v) is 17.0. The van der Waals surface area contributed by atoms with Gasteiger partial charge in [-0.15, -0.1) is 0 Å². The van der Waals surface area contributed by atoms with E-state index in [1.807, 2.05) is 6.92 Å². The summed E-state index contributed by atoms with van der Waals surface area (Å²) in [5.41, 5.74) is -3.39. The molecule has 2 aliphatic carbocycles. The van der Waals surface area contributed by atoms with Crippen molar-refractivity contribution in [1.29, 1.82) is 0 Å². The average molecular weight is 797 g/mol. The van der Waals surface area contributed by atoms with Gasteiger partial charge in [-0.3, -0.25) is 29.0 Å². The molecule has 3 aliphatic heterocycles. The lowest BCUT2D eigenvalue weighted by molar-refractivity contribution is 0.0641. The van der Waals surface area contributed by atoms with Gasteiger partial charge in [0.05, 0.1) is 40.6 Å². The van der Waals surface area contributed by atoms with Gasteiger partial charge in [0.25, 0.3) is 11.8 Å². The van der Waals surface area contributed by atoms with Gasteiger partial charge < -0.3 is 24.1 Å². The van der Waals surface area contributed by atoms with E-state index in [0.29, 0.717) is 5.56 Å². The van der Waals surface area contributed by atoms with Crippen LogP contribution in [0.1, 0.15) is 91.4 Å². The Balaban J connectivity index is 1.31. The minimum absolute atomic E-state index is 0.0303. The molecule has 0 unspecified atom stereocenters. The number of amides is 3. The Bertz CT molecular complexity index is 2490. The summed E-state index contributed by atoms with van der Waals surface area (Å²) in [7, 11) is -2.40. The van der Waals surface area contributed by atoms with E-state index >= 15 is 0 Å². The SMILES string of the molecule is C=CCOC(=O)N1c2c(cc(O)c3c2C(=O)c2ccc(CN4C(=O)c5ccccc5C4=O)cc2C3=O)[C@@]23O[C@@]2([C@@H](C)O[Si](CC)(CC)CC)[C@@H]1C#C/C=C\C#C[C@@H]3O. The van der Waals surface area contributed by atoms with Crippen LogP contribution in [0.4, 0.5) is 10.5 Å². The number of rotatable bonds is 10. The molecule has 2 bridgehead atoms. The number of aromatic hydroxyl groups is 1. The summed E-state index contributed by atoms with van der Waals surface area (Å²) < 4.78 is 19.4. The summed E-state index contributed by atoms with van der Waals surface area (Å²) in [5, 5.41) is 24.0. The largest absolute Gasteiger partial charge is 0.507 e. The molecular formula is C45H40N2O10Si. The van der Waals surface area contributed by atoms with E-state index in [9.17, 15) is 34.2 Å². The highest BCUT2D eigenvalue weighted by Gasteiger charge is 2.84. The molecule has 58 heavy (non-hydrogen) atoms. The van der Waals surface area contributed by atoms with Crippen molar-refractivity contribution < 1.29 is 48.1 Å². The predicted octanol–water partition coefficient (Wildman–Crippen LogP) is 5.79. The van der Waals surface area contributed by atoms with Gasteiger partial charge in [-0.1, -0.05) is 75.3 Å². The molecule has 0 saturated carbocycles. The van der Waals surface area contributed by atoms with Crippen molar-refractivity contribution in [3.05, 3.63) is 118 Å². The number of benzene rings is 3. The van der Waals surface area contributed by atoms with Crippen LogP contribution in [0.25, 0.3) is 0 Å². The molecule has 0 radical (unpaired) electrons. The van der Waals surface area contributed by atoms with Gasteiger partial charge in [-0.25, -0.2) is 4.79 Å². The number of aliphatic hydroxyl groups excluding tert-OH is 1. The first-order chi connectivity index (χ1) is 27.9. The summed E-state index contributed by atoms with van der Waals surface area (Å²) in [6.07, 6.45) is 0.964. The number of carbonyl (C=O) groups excluding carboxylic acids is 5. The Labute approximate surface area is 336 Å². The smallest absolute Gasteiger partial charge is 0.415 e. The molecule has 8 rings (SSSR count). The summed E-state index contributed by atoms with van der Waals surface area (Å²) in [5.74, 6) is 8.67. The number of phenols is 1. The van der Waals surface area contributed by atoms with Crippen molar-refractivity contribution in [3.8, 4) is 29.4 Å². The van der Waals surface area contributed by atoms with E-state index in [2.05, 4.69) is 51.0 Å². The van der Waals surface area contributed by atoms with Crippen LogP contribution in [0.15, 0.2) is 73.3 Å². The number of nitrogens with zero attached hydrogens (tertiary/aromatic N) is 2. The number of imide groups is 1. The fourth-order valence-electron chi connectivity index (χ4n) is 9.13. The van der Waals surface area contributed by atoms with Gasteiger partial charge in [-0.2, -0.15) is 0 Å². The Morgan fingerprint density at radius 1 is 0.931 bits per heavy atom. The monoisotopic (exact) mass is 796 g/mol. The first-order valence-corrected chi connectivity index (χ1v) is 21.8. The summed E-state index contributed by atoms with van der Waals surface area (Å²) in [6, 6.07) is 13.1. The number of allylic oxidation sites excluding steroid dienone is 2. The van der Waals surface area contributed by atoms with Crippen molar-refractivity contribution in [2.75, 3.05) is 11.5 Å². The third-order valence-electron chi connectivity index (χ3n) is 12.3. The number of epoxide rings is 1. The van der Waals surface area contributed by atoms with E-state index in [-0.39, 0.29) is 52.2 Å². The number of ether oxygens (including phenoxy) is 2. The molecule has 13 heteroatoms. The highest BCUT2D eigenvalue weighted by atomic mass is 28.4. The van der Waals surface area contributed by atoms with E-state index in [1.54, 1.807) is 24.3 Å². The quantitative estimate of drug-likeness (QED) is 0.0661. The molecule has 294 valence electrons. The van der Waals surface area contributed by atoms with Gasteiger partial charge in [0.15, 0.2) is 37.2 Å². The van der Waals surface area contributed by atoms with Crippen LogP contribution >= 0.6 is 0 Å². The van der Waals surface area contributed by atoms with E-state index in [0.717, 1.165) is 23.0 Å². The standard InChI is InChI=1S/C45H40N2O10Si/c1-6-22-55-43(54)47-34-18-12-10-11-13-19-35(49)45(44(34,57-45)26(5)56-58(7-2,8-3)9-4)32-24-33(48)36-37(38(32)47)39(50)28-21-20-27(23-31(28)40(36)51)25-46-41(52)29-16-14-15-17-30(29)42(46)53/h6,10-11,14-17,20-21,23-24,26,34-35,48-49H,1,7-9,22,25H2,2-5H3/b11-10-/t26-,34+,35+,44+,45+/m1/s1. The minimum atomic E-state index is -2.40. The molecule has 5 atom stereocenters. The maximum absolute atomic E-state index is 14.9. The third kappa shape index (κ3) is 5.31. The molecule has 1 saturated heterocycles. The average Bonchev–Trinajstić information content (AvgIpc) is 3.91. The van der Waals surface area contributed by atoms with Crippen LogP contribution in [0.3, 0.4) is 0 Å². The number of aliphatic hydroxyl groups is 1. The number of phenolic OH excluding ortho intramolecular Hbond substituents is 1. The molecule has 2 N–H and O–H groups in total. The zero-order chi connectivity index (χ0) is 41.3. The second-order valence-corrected chi connectivity index (χ2v) is 19.6. The number of hydrogen-bond donors (Lipinski definition) is 2. The van der Waals surface area contributed by atoms with Crippen LogP contribution in [0.5, 0.6) is 5.75 Å². The van der Waals surface area contributed by atoms with Crippen molar-refractivity contribution in [3.63, 3.8) is 0 Å². The maximum atomic E-state index is 14.9. The molecule has 1 fully saturated rings. The van der Waals surface area contributed by atoms with E-state index < -0.39 is 78.6 Å². The highest BCUT2D eigenvalue weighted by Crippen LogP contribution is 2.69. The molecule has 3 heterocycles. The molecule has 5 aliphatic rings. The van der Waals surface area contributed by atoms with Gasteiger partial charge in [0.1, 0.15) is 18.4 Å². The second kappa shape index (κ2) is 14.1. The number of fused-ring (bicyclic) bond motifs is 5. The zero-order valence-corrected chi connectivity index (χ0v) is 33.4. The number of carbonyl (C=O) groups is 5. The Morgan fingerprint density at radius 2 is 1.57 bits per heavy atom. The molecular weight excluding hydrogens is 757 g/mol. The van der Waals surface area contributed by atoms with Crippen molar-refractivity contribution >= 4 is 43.5 Å². The van der Waals surface area contributed by atoms with Crippen molar-refractivity contribution in [1.82, 2.24) is 4.90 Å². The molecule has 0 spiro atoms. The highest BCUT2D eigenvalue weighted by molar-refractivity contribution is 6.73. The lowest BCUT2D eigenvalue weighted by atomic mass is 9.68. The number of ketones is 2. The van der Waals surface area contributed by atoms with Gasteiger partial charge in [-0.05, 0) is 73.1 Å². The lowest BCUT2D eigenvalue weighted by Crippen LogP contribution is -2.63.